The Morgan fingerprint density at radius 3 is 2.32 bits per heavy atom. The topological polar surface area (TPSA) is 37.4 Å². The largest absolute Gasteiger partial charge is 0.252 e. The van der Waals surface area contributed by atoms with Crippen LogP contribution in [0, 0.1) is 6.92 Å². The summed E-state index contributed by atoms with van der Waals surface area (Å²) in [4.78, 5) is 0.996. The summed E-state index contributed by atoms with van der Waals surface area (Å²) in [6.45, 7) is 2.27. The van der Waals surface area contributed by atoms with Gasteiger partial charge in [0.25, 0.3) is 10.0 Å². The van der Waals surface area contributed by atoms with Crippen LogP contribution in [0.15, 0.2) is 45.1 Å². The first kappa shape index (κ1) is 14.7. The maximum absolute atomic E-state index is 12.3. The summed E-state index contributed by atoms with van der Waals surface area (Å²) < 4.78 is 27.4. The smallest absolute Gasteiger partial charge is 0.206 e. The summed E-state index contributed by atoms with van der Waals surface area (Å²) in [6, 6.07) is 11.1. The number of hydrogen-bond acceptors (Lipinski definition) is 3. The van der Waals surface area contributed by atoms with Crippen LogP contribution in [0.1, 0.15) is 10.4 Å². The van der Waals surface area contributed by atoms with Gasteiger partial charge in [-0.25, -0.2) is 8.42 Å². The molecule has 0 bridgehead atoms. The van der Waals surface area contributed by atoms with E-state index < -0.39 is 10.0 Å². The molecule has 1 aromatic heterocycles. The minimum absolute atomic E-state index is 0.368. The van der Waals surface area contributed by atoms with Crippen LogP contribution in [0.2, 0.25) is 0 Å². The summed E-state index contributed by atoms with van der Waals surface area (Å²) in [5, 5.41) is 0. The van der Waals surface area contributed by atoms with Gasteiger partial charge in [-0.05, 0) is 36.8 Å². The highest BCUT2D eigenvalue weighted by atomic mass is 79.9. The second-order valence-corrected chi connectivity index (χ2v) is 8.73. The lowest BCUT2D eigenvalue weighted by molar-refractivity contribution is 0.468. The van der Waals surface area contributed by atoms with E-state index in [0.717, 1.165) is 14.9 Å². The van der Waals surface area contributed by atoms with Crippen molar-refractivity contribution in [2.24, 2.45) is 0 Å². The molecule has 19 heavy (non-hydrogen) atoms. The monoisotopic (exact) mass is 359 g/mol. The Bertz CT molecular complexity index is 662. The molecule has 0 aliphatic rings. The van der Waals surface area contributed by atoms with Crippen molar-refractivity contribution >= 4 is 37.3 Å². The maximum atomic E-state index is 12.3. The lowest BCUT2D eigenvalue weighted by atomic mass is 10.2. The normalized spacial score (nSPS) is 12.0. The Morgan fingerprint density at radius 2 is 1.79 bits per heavy atom. The third kappa shape index (κ3) is 3.45. The molecule has 2 aromatic rings. The zero-order valence-electron chi connectivity index (χ0n) is 10.6. The van der Waals surface area contributed by atoms with Crippen LogP contribution in [0.4, 0.5) is 0 Å². The summed E-state index contributed by atoms with van der Waals surface area (Å²) in [5.74, 6) is 0. The van der Waals surface area contributed by atoms with Crippen LogP contribution < -0.4 is 0 Å². The first-order chi connectivity index (χ1) is 8.89. The van der Waals surface area contributed by atoms with Crippen LogP contribution >= 0.6 is 27.3 Å². The van der Waals surface area contributed by atoms with Gasteiger partial charge in [0.15, 0.2) is 0 Å². The van der Waals surface area contributed by atoms with Crippen molar-refractivity contribution in [3.63, 3.8) is 0 Å². The molecule has 3 nitrogen and oxygen atoms in total. The quantitative estimate of drug-likeness (QED) is 0.835. The average Bonchev–Trinajstić information content (AvgIpc) is 2.79. The molecule has 0 saturated heterocycles. The Labute approximate surface area is 126 Å². The minimum Gasteiger partial charge on any atom is -0.206 e. The average molecular weight is 360 g/mol. The van der Waals surface area contributed by atoms with Gasteiger partial charge in [-0.3, -0.25) is 0 Å². The molecule has 0 spiro atoms. The fourth-order valence-corrected chi connectivity index (χ4v) is 4.55. The first-order valence-electron chi connectivity index (χ1n) is 5.67. The Balaban J connectivity index is 2.19. The number of halogens is 1. The van der Waals surface area contributed by atoms with Gasteiger partial charge < -0.3 is 0 Å². The third-order valence-electron chi connectivity index (χ3n) is 2.70. The van der Waals surface area contributed by atoms with E-state index in [1.165, 1.54) is 15.6 Å². The highest BCUT2D eigenvalue weighted by Crippen LogP contribution is 2.24. The van der Waals surface area contributed by atoms with E-state index in [9.17, 15) is 8.42 Å². The van der Waals surface area contributed by atoms with Crippen molar-refractivity contribution < 1.29 is 8.42 Å². The van der Waals surface area contributed by atoms with Crippen LogP contribution in [0.3, 0.4) is 0 Å². The number of aryl methyl sites for hydroxylation is 1. The van der Waals surface area contributed by atoms with Crippen molar-refractivity contribution in [3.8, 4) is 0 Å². The van der Waals surface area contributed by atoms with Crippen molar-refractivity contribution in [2.75, 3.05) is 7.05 Å². The molecular formula is C13H14BrNO2S2. The Hall–Kier alpha value is -0.690. The first-order valence-corrected chi connectivity index (χ1v) is 8.72. The molecule has 0 unspecified atom stereocenters. The lowest BCUT2D eigenvalue weighted by Gasteiger charge is -2.16. The van der Waals surface area contributed by atoms with E-state index in [1.807, 2.05) is 37.3 Å². The van der Waals surface area contributed by atoms with Crippen LogP contribution in [0.5, 0.6) is 0 Å². The summed E-state index contributed by atoms with van der Waals surface area (Å²) in [6.07, 6.45) is 0. The molecule has 0 aliphatic carbocycles. The molecule has 0 amide bonds. The van der Waals surface area contributed by atoms with Crippen molar-refractivity contribution in [1.29, 1.82) is 0 Å². The van der Waals surface area contributed by atoms with Gasteiger partial charge in [0, 0.05) is 22.9 Å². The number of benzene rings is 1. The highest BCUT2D eigenvalue weighted by Gasteiger charge is 2.22. The fraction of sp³-hybridized carbons (Fsp3) is 0.231. The van der Waals surface area contributed by atoms with Gasteiger partial charge in [0.05, 0.1) is 0 Å². The molecule has 1 aromatic carbocycles. The minimum atomic E-state index is -3.39. The fourth-order valence-electron chi connectivity index (χ4n) is 1.64. The van der Waals surface area contributed by atoms with Gasteiger partial charge in [-0.1, -0.05) is 28.1 Å². The van der Waals surface area contributed by atoms with Crippen LogP contribution in [-0.2, 0) is 16.6 Å². The summed E-state index contributed by atoms with van der Waals surface area (Å²) >= 11 is 4.66. The molecule has 102 valence electrons. The van der Waals surface area contributed by atoms with E-state index >= 15 is 0 Å². The zero-order chi connectivity index (χ0) is 14.0. The van der Waals surface area contributed by atoms with E-state index in [2.05, 4.69) is 15.9 Å². The molecule has 0 aliphatic heterocycles. The number of nitrogens with zero attached hydrogens (tertiary/aromatic N) is 1. The highest BCUT2D eigenvalue weighted by molar-refractivity contribution is 9.10. The van der Waals surface area contributed by atoms with Gasteiger partial charge in [-0.2, -0.15) is 4.31 Å². The van der Waals surface area contributed by atoms with Gasteiger partial charge in [-0.15, -0.1) is 11.3 Å². The number of thiophene rings is 1. The summed E-state index contributed by atoms with van der Waals surface area (Å²) in [5.41, 5.74) is 0.961. The van der Waals surface area contributed by atoms with E-state index in [1.54, 1.807) is 13.1 Å². The van der Waals surface area contributed by atoms with E-state index in [-0.39, 0.29) is 0 Å². The van der Waals surface area contributed by atoms with E-state index in [4.69, 9.17) is 0 Å². The van der Waals surface area contributed by atoms with Gasteiger partial charge in [0.2, 0.25) is 0 Å². The second-order valence-electron chi connectivity index (χ2n) is 4.25. The standard InChI is InChI=1S/C13H14BrNO2S2/c1-10-3-8-13(18-10)19(16,17)15(2)9-11-4-6-12(14)7-5-11/h3-8H,9H2,1-2H3. The van der Waals surface area contributed by atoms with Gasteiger partial charge in [0.1, 0.15) is 4.21 Å². The molecule has 1 heterocycles. The van der Waals surface area contributed by atoms with Crippen LogP contribution in [0.25, 0.3) is 0 Å². The molecule has 6 heteroatoms. The predicted molar refractivity (Wildman–Crippen MR) is 81.9 cm³/mol. The Kier molecular flexibility index (Phi) is 4.45. The molecule has 0 N–H and O–H groups in total. The maximum Gasteiger partial charge on any atom is 0.252 e. The number of sulfonamides is 1. The third-order valence-corrected chi connectivity index (χ3v) is 6.50. The molecule has 2 rings (SSSR count). The second kappa shape index (κ2) is 5.75. The Morgan fingerprint density at radius 1 is 1.16 bits per heavy atom. The molecule has 0 atom stereocenters. The van der Waals surface area contributed by atoms with Crippen molar-refractivity contribution in [1.82, 2.24) is 4.31 Å². The summed E-state index contributed by atoms with van der Waals surface area (Å²) in [7, 11) is -1.78. The van der Waals surface area contributed by atoms with Crippen molar-refractivity contribution in [2.45, 2.75) is 17.7 Å². The lowest BCUT2D eigenvalue weighted by Crippen LogP contribution is -2.25. The molecule has 0 saturated carbocycles. The SMILES string of the molecule is Cc1ccc(S(=O)(=O)N(C)Cc2ccc(Br)cc2)s1. The van der Waals surface area contributed by atoms with Crippen LogP contribution in [-0.4, -0.2) is 19.8 Å². The molecule has 0 radical (unpaired) electrons. The number of rotatable bonds is 4. The van der Waals surface area contributed by atoms with Gasteiger partial charge >= 0.3 is 0 Å². The van der Waals surface area contributed by atoms with E-state index in [0.29, 0.717) is 10.8 Å². The molecular weight excluding hydrogens is 346 g/mol. The van der Waals surface area contributed by atoms with Crippen molar-refractivity contribution in [3.05, 3.63) is 51.3 Å². The zero-order valence-corrected chi connectivity index (χ0v) is 13.8. The predicted octanol–water partition coefficient (Wildman–Crippen LogP) is 3.64. The molecule has 0 fully saturated rings. The number of hydrogen-bond donors (Lipinski definition) is 0.